The Hall–Kier alpha value is -2.29. The quantitative estimate of drug-likeness (QED) is 0.622. The van der Waals surface area contributed by atoms with Crippen LogP contribution < -0.4 is 10.9 Å². The molecule has 2 heterocycles. The van der Waals surface area contributed by atoms with Crippen LogP contribution in [0, 0.1) is 0 Å². The fourth-order valence-electron chi connectivity index (χ4n) is 1.38. The Morgan fingerprint density at radius 3 is 2.85 bits per heavy atom. The number of carbonyl (C=O) groups excluding carboxylic acids is 2. The highest BCUT2D eigenvalue weighted by Gasteiger charge is 2.14. The molecule has 0 aliphatic carbocycles. The maximum atomic E-state index is 11.4. The van der Waals surface area contributed by atoms with Gasteiger partial charge in [-0.05, 0) is 12.1 Å². The number of carbonyl (C=O) groups is 2. The van der Waals surface area contributed by atoms with E-state index in [-0.39, 0.29) is 17.6 Å². The Labute approximate surface area is 118 Å². The van der Waals surface area contributed by atoms with Gasteiger partial charge >= 0.3 is 0 Å². The van der Waals surface area contributed by atoms with E-state index >= 15 is 0 Å². The van der Waals surface area contributed by atoms with Gasteiger partial charge in [0.2, 0.25) is 11.8 Å². The van der Waals surface area contributed by atoms with E-state index in [2.05, 4.69) is 21.0 Å². The summed E-state index contributed by atoms with van der Waals surface area (Å²) >= 11 is 1.21. The molecule has 0 aromatic carbocycles. The first-order valence-electron chi connectivity index (χ1n) is 5.69. The van der Waals surface area contributed by atoms with E-state index in [9.17, 15) is 9.59 Å². The highest BCUT2D eigenvalue weighted by atomic mass is 32.2. The van der Waals surface area contributed by atoms with Gasteiger partial charge < -0.3 is 8.98 Å². The van der Waals surface area contributed by atoms with Crippen molar-refractivity contribution in [2.45, 2.75) is 12.1 Å². The van der Waals surface area contributed by atoms with Crippen molar-refractivity contribution in [1.82, 2.24) is 25.6 Å². The number of amides is 2. The number of rotatable bonds is 4. The lowest BCUT2D eigenvalue weighted by molar-refractivity contribution is -0.126. The summed E-state index contributed by atoms with van der Waals surface area (Å²) in [6, 6.07) is 3.54. The molecule has 2 aromatic heterocycles. The lowest BCUT2D eigenvalue weighted by Gasteiger charge is -2.04. The smallest absolute Gasteiger partial charge is 0.248 e. The van der Waals surface area contributed by atoms with Crippen molar-refractivity contribution in [3.63, 3.8) is 0 Å². The van der Waals surface area contributed by atoms with Crippen molar-refractivity contribution in [1.29, 1.82) is 0 Å². The van der Waals surface area contributed by atoms with Gasteiger partial charge in [0, 0.05) is 14.0 Å². The number of furan rings is 1. The van der Waals surface area contributed by atoms with Crippen molar-refractivity contribution in [3.8, 4) is 11.6 Å². The molecule has 0 fully saturated rings. The fourth-order valence-corrected chi connectivity index (χ4v) is 2.10. The van der Waals surface area contributed by atoms with E-state index in [1.54, 1.807) is 30.0 Å². The molecule has 20 heavy (non-hydrogen) atoms. The first-order valence-corrected chi connectivity index (χ1v) is 6.68. The van der Waals surface area contributed by atoms with Crippen molar-refractivity contribution < 1.29 is 14.0 Å². The van der Waals surface area contributed by atoms with E-state index in [4.69, 9.17) is 4.42 Å². The highest BCUT2D eigenvalue weighted by Crippen LogP contribution is 2.22. The third-order valence-corrected chi connectivity index (χ3v) is 3.31. The van der Waals surface area contributed by atoms with Crippen LogP contribution in [0.15, 0.2) is 28.0 Å². The zero-order valence-electron chi connectivity index (χ0n) is 10.9. The molecular formula is C11H13N5O3S. The topological polar surface area (TPSA) is 102 Å². The van der Waals surface area contributed by atoms with E-state index in [0.717, 1.165) is 0 Å². The van der Waals surface area contributed by atoms with Crippen LogP contribution in [0.4, 0.5) is 0 Å². The van der Waals surface area contributed by atoms with Gasteiger partial charge in [-0.15, -0.1) is 10.2 Å². The molecule has 2 aromatic rings. The lowest BCUT2D eigenvalue weighted by atomic mass is 10.4. The average Bonchev–Trinajstić information content (AvgIpc) is 3.03. The summed E-state index contributed by atoms with van der Waals surface area (Å²) in [4.78, 5) is 22.1. The van der Waals surface area contributed by atoms with Gasteiger partial charge in [-0.1, -0.05) is 11.8 Å². The molecule has 0 aliphatic heterocycles. The number of aromatic nitrogens is 3. The molecule has 8 nitrogen and oxygen atoms in total. The van der Waals surface area contributed by atoms with Gasteiger partial charge in [-0.3, -0.25) is 20.4 Å². The normalized spacial score (nSPS) is 10.3. The molecule has 0 spiro atoms. The standard InChI is InChI=1S/C11H13N5O3S/c1-7(17)12-13-9(18)6-20-11-15-14-10(16(11)2)8-4-3-5-19-8/h3-5H,6H2,1-2H3,(H,12,17)(H,13,18). The molecule has 0 saturated heterocycles. The second kappa shape index (κ2) is 6.24. The summed E-state index contributed by atoms with van der Waals surface area (Å²) in [5, 5.41) is 8.57. The van der Waals surface area contributed by atoms with Crippen LogP contribution in [0.1, 0.15) is 6.92 Å². The van der Waals surface area contributed by atoms with Gasteiger partial charge in [0.25, 0.3) is 0 Å². The average molecular weight is 295 g/mol. The number of nitrogens with one attached hydrogen (secondary N) is 2. The van der Waals surface area contributed by atoms with Crippen LogP contribution in [-0.4, -0.2) is 32.3 Å². The minimum atomic E-state index is -0.331. The minimum Gasteiger partial charge on any atom is -0.461 e. The summed E-state index contributed by atoms with van der Waals surface area (Å²) in [6.45, 7) is 1.31. The van der Waals surface area contributed by atoms with Crippen LogP contribution in [0.25, 0.3) is 11.6 Å². The molecule has 2 rings (SSSR count). The first kappa shape index (κ1) is 14.1. The third-order valence-electron chi connectivity index (χ3n) is 2.29. The Morgan fingerprint density at radius 1 is 1.40 bits per heavy atom. The Kier molecular flexibility index (Phi) is 4.41. The molecule has 0 unspecified atom stereocenters. The van der Waals surface area contributed by atoms with Gasteiger partial charge in [0.05, 0.1) is 12.0 Å². The Balaban J connectivity index is 1.94. The van der Waals surface area contributed by atoms with E-state index < -0.39 is 0 Å². The Morgan fingerprint density at radius 2 is 2.20 bits per heavy atom. The number of hydrogen-bond acceptors (Lipinski definition) is 6. The lowest BCUT2D eigenvalue weighted by Crippen LogP contribution is -2.41. The molecule has 0 radical (unpaired) electrons. The predicted octanol–water partition coefficient (Wildman–Crippen LogP) is 0.335. The zero-order valence-corrected chi connectivity index (χ0v) is 11.7. The van der Waals surface area contributed by atoms with Gasteiger partial charge in [0.1, 0.15) is 0 Å². The van der Waals surface area contributed by atoms with Gasteiger partial charge in [-0.2, -0.15) is 0 Å². The van der Waals surface area contributed by atoms with Crippen LogP contribution in [0.2, 0.25) is 0 Å². The van der Waals surface area contributed by atoms with Crippen molar-refractivity contribution in [2.75, 3.05) is 5.75 Å². The zero-order chi connectivity index (χ0) is 14.5. The molecule has 2 N–H and O–H groups in total. The van der Waals surface area contributed by atoms with Crippen molar-refractivity contribution >= 4 is 23.6 Å². The van der Waals surface area contributed by atoms with E-state index in [1.807, 2.05) is 0 Å². The molecule has 106 valence electrons. The van der Waals surface area contributed by atoms with Gasteiger partial charge in [-0.25, -0.2) is 0 Å². The largest absolute Gasteiger partial charge is 0.461 e. The highest BCUT2D eigenvalue weighted by molar-refractivity contribution is 7.99. The minimum absolute atomic E-state index is 0.115. The third kappa shape index (κ3) is 3.38. The summed E-state index contributed by atoms with van der Waals surface area (Å²) in [6.07, 6.45) is 1.55. The van der Waals surface area contributed by atoms with Crippen LogP contribution >= 0.6 is 11.8 Å². The van der Waals surface area contributed by atoms with Crippen LogP contribution in [0.3, 0.4) is 0 Å². The maximum Gasteiger partial charge on any atom is 0.248 e. The summed E-state index contributed by atoms with van der Waals surface area (Å²) in [5.74, 6) is 0.647. The molecule has 0 bridgehead atoms. The van der Waals surface area contributed by atoms with Gasteiger partial charge in [0.15, 0.2) is 16.7 Å². The number of nitrogens with zero attached hydrogens (tertiary/aromatic N) is 3. The summed E-state index contributed by atoms with van der Waals surface area (Å²) < 4.78 is 6.98. The van der Waals surface area contributed by atoms with Crippen molar-refractivity contribution in [3.05, 3.63) is 18.4 Å². The molecule has 2 amide bonds. The maximum absolute atomic E-state index is 11.4. The summed E-state index contributed by atoms with van der Waals surface area (Å²) in [7, 11) is 1.78. The molecular weight excluding hydrogens is 282 g/mol. The Bertz CT molecular complexity index is 608. The fraction of sp³-hybridized carbons (Fsp3) is 0.273. The second-order valence-electron chi connectivity index (χ2n) is 3.86. The van der Waals surface area contributed by atoms with Crippen LogP contribution in [-0.2, 0) is 16.6 Å². The number of hydrazine groups is 1. The number of hydrogen-bond donors (Lipinski definition) is 2. The van der Waals surface area contributed by atoms with Crippen LogP contribution in [0.5, 0.6) is 0 Å². The summed E-state index contributed by atoms with van der Waals surface area (Å²) in [5.41, 5.74) is 4.49. The molecule has 0 saturated carbocycles. The monoisotopic (exact) mass is 295 g/mol. The SMILES string of the molecule is CC(=O)NNC(=O)CSc1nnc(-c2ccco2)n1C. The predicted molar refractivity (Wildman–Crippen MR) is 71.4 cm³/mol. The second-order valence-corrected chi connectivity index (χ2v) is 4.80. The van der Waals surface area contributed by atoms with E-state index in [0.29, 0.717) is 16.7 Å². The number of thioether (sulfide) groups is 1. The first-order chi connectivity index (χ1) is 9.58. The molecule has 9 heteroatoms. The molecule has 0 aliphatic rings. The van der Waals surface area contributed by atoms with Crippen molar-refractivity contribution in [2.24, 2.45) is 7.05 Å². The van der Waals surface area contributed by atoms with E-state index in [1.165, 1.54) is 18.7 Å². The molecule has 0 atom stereocenters.